The minimum atomic E-state index is -0.250. The molecule has 0 fully saturated rings. The number of nitrogens with zero attached hydrogens (tertiary/aromatic N) is 1. The molecule has 0 bridgehead atoms. The summed E-state index contributed by atoms with van der Waals surface area (Å²) in [5.41, 5.74) is 6.59. The molecule has 5 rings (SSSR count). The zero-order valence-electron chi connectivity index (χ0n) is 16.9. The summed E-state index contributed by atoms with van der Waals surface area (Å²) in [5.74, 6) is 0.0980. The van der Waals surface area contributed by atoms with Gasteiger partial charge in [-0.1, -0.05) is 24.3 Å². The second kappa shape index (κ2) is 7.11. The van der Waals surface area contributed by atoms with Crippen molar-refractivity contribution < 1.29 is 9.21 Å². The minimum absolute atomic E-state index is 0.250. The van der Waals surface area contributed by atoms with Crippen molar-refractivity contribution in [3.63, 3.8) is 0 Å². The van der Waals surface area contributed by atoms with Crippen molar-refractivity contribution >= 4 is 44.1 Å². The Morgan fingerprint density at radius 1 is 0.967 bits per heavy atom. The topological polar surface area (TPSA) is 55.1 Å². The SMILES string of the molecule is Cc1cc2oc(C(=O)Nc3cccc(-c4nc5ccccc5s4)c3)c(C)c2cc1C. The van der Waals surface area contributed by atoms with Crippen molar-refractivity contribution in [3.8, 4) is 10.6 Å². The number of hydrogen-bond acceptors (Lipinski definition) is 4. The lowest BCUT2D eigenvalue weighted by Gasteiger charge is -2.05. The van der Waals surface area contributed by atoms with Crippen LogP contribution in [0.25, 0.3) is 31.8 Å². The molecule has 0 saturated heterocycles. The molecule has 0 aliphatic heterocycles. The molecule has 0 saturated carbocycles. The highest BCUT2D eigenvalue weighted by Crippen LogP contribution is 2.32. The second-order valence-corrected chi connectivity index (χ2v) is 8.54. The predicted molar refractivity (Wildman–Crippen MR) is 123 cm³/mol. The summed E-state index contributed by atoms with van der Waals surface area (Å²) < 4.78 is 7.05. The van der Waals surface area contributed by atoms with Crippen molar-refractivity contribution in [3.05, 3.63) is 83.1 Å². The minimum Gasteiger partial charge on any atom is -0.451 e. The van der Waals surface area contributed by atoms with Crippen LogP contribution < -0.4 is 5.32 Å². The summed E-state index contributed by atoms with van der Waals surface area (Å²) in [6.07, 6.45) is 0. The summed E-state index contributed by atoms with van der Waals surface area (Å²) in [6, 6.07) is 19.9. The summed E-state index contributed by atoms with van der Waals surface area (Å²) in [5, 5.41) is 4.88. The van der Waals surface area contributed by atoms with E-state index in [0.29, 0.717) is 11.4 Å². The van der Waals surface area contributed by atoms with E-state index in [1.54, 1.807) is 11.3 Å². The molecule has 5 aromatic rings. The molecule has 0 aliphatic carbocycles. The van der Waals surface area contributed by atoms with Crippen LogP contribution in [0.15, 0.2) is 65.1 Å². The zero-order valence-corrected chi connectivity index (χ0v) is 17.8. The fraction of sp³-hybridized carbons (Fsp3) is 0.120. The molecular weight excluding hydrogens is 392 g/mol. The first kappa shape index (κ1) is 18.6. The number of anilines is 1. The van der Waals surface area contributed by atoms with E-state index >= 15 is 0 Å². The Balaban J connectivity index is 1.46. The number of benzene rings is 3. The monoisotopic (exact) mass is 412 g/mol. The summed E-state index contributed by atoms with van der Waals surface area (Å²) in [4.78, 5) is 17.7. The molecule has 5 heteroatoms. The maximum atomic E-state index is 12.9. The molecule has 1 amide bonds. The number of carbonyl (C=O) groups is 1. The first-order valence-corrected chi connectivity index (χ1v) is 10.6. The molecule has 3 aromatic carbocycles. The van der Waals surface area contributed by atoms with Crippen molar-refractivity contribution in [2.45, 2.75) is 20.8 Å². The number of hydrogen-bond donors (Lipinski definition) is 1. The van der Waals surface area contributed by atoms with Gasteiger partial charge in [-0.15, -0.1) is 11.3 Å². The molecular formula is C25H20N2O2S. The van der Waals surface area contributed by atoms with E-state index in [9.17, 15) is 4.79 Å². The van der Waals surface area contributed by atoms with Crippen LogP contribution in [0.5, 0.6) is 0 Å². The highest BCUT2D eigenvalue weighted by molar-refractivity contribution is 7.21. The smallest absolute Gasteiger partial charge is 0.291 e. The third-order valence-electron chi connectivity index (χ3n) is 5.42. The van der Waals surface area contributed by atoms with Gasteiger partial charge in [0, 0.05) is 22.2 Å². The van der Waals surface area contributed by atoms with Crippen LogP contribution in [0, 0.1) is 20.8 Å². The number of rotatable bonds is 3. The van der Waals surface area contributed by atoms with Gasteiger partial charge in [-0.05, 0) is 68.3 Å². The van der Waals surface area contributed by atoms with E-state index in [2.05, 4.69) is 24.4 Å². The number of aryl methyl sites for hydroxylation is 3. The Kier molecular flexibility index (Phi) is 4.40. The highest BCUT2D eigenvalue weighted by Gasteiger charge is 2.19. The Morgan fingerprint density at radius 2 is 1.77 bits per heavy atom. The van der Waals surface area contributed by atoms with Crippen LogP contribution in [0.1, 0.15) is 27.2 Å². The fourth-order valence-corrected chi connectivity index (χ4v) is 4.57. The van der Waals surface area contributed by atoms with E-state index in [1.807, 2.05) is 62.4 Å². The highest BCUT2D eigenvalue weighted by atomic mass is 32.1. The van der Waals surface area contributed by atoms with E-state index in [0.717, 1.165) is 42.9 Å². The van der Waals surface area contributed by atoms with Gasteiger partial charge in [0.15, 0.2) is 5.76 Å². The Labute approximate surface area is 178 Å². The lowest BCUT2D eigenvalue weighted by Crippen LogP contribution is -2.12. The summed E-state index contributed by atoms with van der Waals surface area (Å²) in [7, 11) is 0. The number of amides is 1. The van der Waals surface area contributed by atoms with Gasteiger partial charge in [0.25, 0.3) is 5.91 Å². The van der Waals surface area contributed by atoms with Gasteiger partial charge in [0.1, 0.15) is 10.6 Å². The van der Waals surface area contributed by atoms with Gasteiger partial charge in [0.2, 0.25) is 0 Å². The molecule has 0 spiro atoms. The maximum Gasteiger partial charge on any atom is 0.291 e. The van der Waals surface area contributed by atoms with Gasteiger partial charge in [0.05, 0.1) is 10.2 Å². The molecule has 4 nitrogen and oxygen atoms in total. The number of aromatic nitrogens is 1. The third kappa shape index (κ3) is 3.17. The lowest BCUT2D eigenvalue weighted by molar-refractivity contribution is 0.0998. The van der Waals surface area contributed by atoms with Crippen molar-refractivity contribution in [2.75, 3.05) is 5.32 Å². The van der Waals surface area contributed by atoms with Crippen molar-refractivity contribution in [2.24, 2.45) is 0 Å². The molecule has 148 valence electrons. The standard InChI is InChI=1S/C25H20N2O2S/c1-14-11-19-16(3)23(29-21(19)12-15(14)2)24(28)26-18-8-6-7-17(13-18)25-27-20-9-4-5-10-22(20)30-25/h4-13H,1-3H3,(H,26,28). The number of carbonyl (C=O) groups excluding carboxylic acids is 1. The van der Waals surface area contributed by atoms with Crippen LogP contribution in [0.4, 0.5) is 5.69 Å². The lowest BCUT2D eigenvalue weighted by atomic mass is 10.0. The fourth-order valence-electron chi connectivity index (χ4n) is 3.61. The van der Waals surface area contributed by atoms with E-state index < -0.39 is 0 Å². The van der Waals surface area contributed by atoms with E-state index in [1.165, 1.54) is 5.56 Å². The molecule has 0 atom stereocenters. The first-order valence-electron chi connectivity index (χ1n) is 9.77. The van der Waals surface area contributed by atoms with Crippen LogP contribution >= 0.6 is 11.3 Å². The molecule has 2 aromatic heterocycles. The summed E-state index contributed by atoms with van der Waals surface area (Å²) in [6.45, 7) is 6.03. The molecule has 30 heavy (non-hydrogen) atoms. The molecule has 0 radical (unpaired) electrons. The molecule has 1 N–H and O–H groups in total. The second-order valence-electron chi connectivity index (χ2n) is 7.51. The third-order valence-corrected chi connectivity index (χ3v) is 6.51. The quantitative estimate of drug-likeness (QED) is 0.351. The number of furan rings is 1. The number of thiazole rings is 1. The molecule has 2 heterocycles. The van der Waals surface area contributed by atoms with E-state index in [4.69, 9.17) is 9.40 Å². The number of nitrogens with one attached hydrogen (secondary N) is 1. The summed E-state index contributed by atoms with van der Waals surface area (Å²) >= 11 is 1.64. The van der Waals surface area contributed by atoms with Crippen molar-refractivity contribution in [1.82, 2.24) is 4.98 Å². The predicted octanol–water partition coefficient (Wildman–Crippen LogP) is 6.89. The van der Waals surface area contributed by atoms with Gasteiger partial charge in [-0.25, -0.2) is 4.98 Å². The van der Waals surface area contributed by atoms with Crippen LogP contribution in [0.3, 0.4) is 0 Å². The zero-order chi connectivity index (χ0) is 20.8. The number of para-hydroxylation sites is 1. The first-order chi connectivity index (χ1) is 14.5. The average molecular weight is 413 g/mol. The van der Waals surface area contributed by atoms with Gasteiger partial charge >= 0.3 is 0 Å². The average Bonchev–Trinajstić information content (AvgIpc) is 3.30. The van der Waals surface area contributed by atoms with E-state index in [-0.39, 0.29) is 5.91 Å². The van der Waals surface area contributed by atoms with Gasteiger partial charge in [-0.2, -0.15) is 0 Å². The Bertz CT molecular complexity index is 1400. The van der Waals surface area contributed by atoms with Gasteiger partial charge < -0.3 is 9.73 Å². The van der Waals surface area contributed by atoms with Crippen LogP contribution in [-0.4, -0.2) is 10.9 Å². The largest absolute Gasteiger partial charge is 0.451 e. The maximum absolute atomic E-state index is 12.9. The van der Waals surface area contributed by atoms with Crippen molar-refractivity contribution in [1.29, 1.82) is 0 Å². The molecule has 0 aliphatic rings. The molecule has 0 unspecified atom stereocenters. The Hall–Kier alpha value is -3.44. The Morgan fingerprint density at radius 3 is 2.60 bits per heavy atom. The van der Waals surface area contributed by atoms with Crippen LogP contribution in [-0.2, 0) is 0 Å². The van der Waals surface area contributed by atoms with Crippen LogP contribution in [0.2, 0.25) is 0 Å². The van der Waals surface area contributed by atoms with Gasteiger partial charge in [-0.3, -0.25) is 4.79 Å². The number of fused-ring (bicyclic) bond motifs is 2. The normalized spacial score (nSPS) is 11.3.